The monoisotopic (exact) mass is 294 g/mol. The SMILES string of the molecule is CC(C)CN(CC(C)C)c1cccc(C(=O)O)c1[N+](=O)[O-]. The van der Waals surface area contributed by atoms with Gasteiger partial charge in [-0.2, -0.15) is 0 Å². The molecule has 0 aliphatic heterocycles. The Morgan fingerprint density at radius 3 is 2.14 bits per heavy atom. The smallest absolute Gasteiger partial charge is 0.342 e. The van der Waals surface area contributed by atoms with E-state index in [-0.39, 0.29) is 11.3 Å². The van der Waals surface area contributed by atoms with Crippen molar-refractivity contribution in [2.24, 2.45) is 11.8 Å². The molecule has 0 bridgehead atoms. The molecule has 1 aromatic carbocycles. The number of nitrogens with zero attached hydrogens (tertiary/aromatic N) is 2. The lowest BCUT2D eigenvalue weighted by molar-refractivity contribution is -0.384. The second-order valence-corrected chi connectivity index (χ2v) is 5.93. The van der Waals surface area contributed by atoms with Crippen LogP contribution in [0.2, 0.25) is 0 Å². The van der Waals surface area contributed by atoms with Crippen LogP contribution in [0.5, 0.6) is 0 Å². The van der Waals surface area contributed by atoms with Crippen LogP contribution in [-0.2, 0) is 0 Å². The van der Waals surface area contributed by atoms with Gasteiger partial charge < -0.3 is 10.0 Å². The van der Waals surface area contributed by atoms with Gasteiger partial charge in [0.05, 0.1) is 4.92 Å². The number of carbonyl (C=O) groups is 1. The lowest BCUT2D eigenvalue weighted by Gasteiger charge is -2.28. The number of rotatable bonds is 7. The summed E-state index contributed by atoms with van der Waals surface area (Å²) in [7, 11) is 0. The lowest BCUT2D eigenvalue weighted by Crippen LogP contribution is -2.32. The predicted octanol–water partition coefficient (Wildman–Crippen LogP) is 3.41. The van der Waals surface area contributed by atoms with Crippen molar-refractivity contribution in [1.29, 1.82) is 0 Å². The largest absolute Gasteiger partial charge is 0.477 e. The van der Waals surface area contributed by atoms with Crippen LogP contribution >= 0.6 is 0 Å². The molecular weight excluding hydrogens is 272 g/mol. The van der Waals surface area contributed by atoms with Gasteiger partial charge >= 0.3 is 11.7 Å². The van der Waals surface area contributed by atoms with Crippen molar-refractivity contribution >= 4 is 17.3 Å². The van der Waals surface area contributed by atoms with E-state index in [9.17, 15) is 14.9 Å². The molecular formula is C15H22N2O4. The van der Waals surface area contributed by atoms with Crippen LogP contribution in [0.15, 0.2) is 18.2 Å². The fourth-order valence-corrected chi connectivity index (χ4v) is 2.30. The highest BCUT2D eigenvalue weighted by Gasteiger charge is 2.27. The zero-order valence-corrected chi connectivity index (χ0v) is 12.9. The number of aromatic carboxylic acids is 1. The van der Waals surface area contributed by atoms with Crippen molar-refractivity contribution in [1.82, 2.24) is 0 Å². The van der Waals surface area contributed by atoms with Gasteiger partial charge in [0.2, 0.25) is 0 Å². The topological polar surface area (TPSA) is 83.7 Å². The number of nitro benzene ring substituents is 1. The van der Waals surface area contributed by atoms with Crippen LogP contribution in [0, 0.1) is 22.0 Å². The van der Waals surface area contributed by atoms with Crippen LogP contribution < -0.4 is 4.90 Å². The molecule has 6 nitrogen and oxygen atoms in total. The highest BCUT2D eigenvalue weighted by atomic mass is 16.6. The molecule has 1 rings (SSSR count). The number of carboxylic acid groups (broad SMARTS) is 1. The van der Waals surface area contributed by atoms with E-state index in [1.807, 2.05) is 32.6 Å². The fraction of sp³-hybridized carbons (Fsp3) is 0.533. The highest BCUT2D eigenvalue weighted by molar-refractivity contribution is 5.95. The van der Waals surface area contributed by atoms with E-state index in [4.69, 9.17) is 5.11 Å². The standard InChI is InChI=1S/C15H22N2O4/c1-10(2)8-16(9-11(3)4)13-7-5-6-12(15(18)19)14(13)17(20)21/h5-7,10-11H,8-9H2,1-4H3,(H,18,19). The Morgan fingerprint density at radius 2 is 1.76 bits per heavy atom. The second-order valence-electron chi connectivity index (χ2n) is 5.93. The van der Waals surface area contributed by atoms with Gasteiger partial charge in [0.25, 0.3) is 0 Å². The molecule has 0 aliphatic rings. The molecule has 21 heavy (non-hydrogen) atoms. The molecule has 0 aliphatic carbocycles. The Kier molecular flexibility index (Phi) is 5.69. The molecule has 1 aromatic rings. The molecule has 0 radical (unpaired) electrons. The van der Waals surface area contributed by atoms with E-state index in [0.29, 0.717) is 30.6 Å². The van der Waals surface area contributed by atoms with E-state index >= 15 is 0 Å². The Morgan fingerprint density at radius 1 is 1.24 bits per heavy atom. The summed E-state index contributed by atoms with van der Waals surface area (Å²) in [6.45, 7) is 9.39. The van der Waals surface area contributed by atoms with Gasteiger partial charge in [0, 0.05) is 13.1 Å². The van der Waals surface area contributed by atoms with Crippen molar-refractivity contribution in [3.63, 3.8) is 0 Å². The number of anilines is 1. The Labute approximate surface area is 124 Å². The zero-order valence-electron chi connectivity index (χ0n) is 12.9. The van der Waals surface area contributed by atoms with Gasteiger partial charge in [-0.25, -0.2) is 4.79 Å². The Hall–Kier alpha value is -2.11. The van der Waals surface area contributed by atoms with Crippen molar-refractivity contribution in [2.45, 2.75) is 27.7 Å². The van der Waals surface area contributed by atoms with E-state index in [0.717, 1.165) is 0 Å². The van der Waals surface area contributed by atoms with Gasteiger partial charge in [0.1, 0.15) is 11.3 Å². The molecule has 1 N–H and O–H groups in total. The van der Waals surface area contributed by atoms with Crippen molar-refractivity contribution in [3.8, 4) is 0 Å². The summed E-state index contributed by atoms with van der Waals surface area (Å²) in [6.07, 6.45) is 0. The number of nitro groups is 1. The van der Waals surface area contributed by atoms with Gasteiger partial charge in [0.15, 0.2) is 0 Å². The van der Waals surface area contributed by atoms with Crippen molar-refractivity contribution in [2.75, 3.05) is 18.0 Å². The molecule has 0 amide bonds. The summed E-state index contributed by atoms with van der Waals surface area (Å²) >= 11 is 0. The summed E-state index contributed by atoms with van der Waals surface area (Å²) < 4.78 is 0. The molecule has 0 atom stereocenters. The predicted molar refractivity (Wildman–Crippen MR) is 81.9 cm³/mol. The van der Waals surface area contributed by atoms with Crippen LogP contribution in [-0.4, -0.2) is 29.1 Å². The second kappa shape index (κ2) is 7.06. The first-order valence-electron chi connectivity index (χ1n) is 6.99. The summed E-state index contributed by atoms with van der Waals surface area (Å²) in [5.74, 6) is -0.647. The molecule has 0 unspecified atom stereocenters. The Bertz CT molecular complexity index is 516. The van der Waals surface area contributed by atoms with Gasteiger partial charge in [-0.05, 0) is 24.0 Å². The molecule has 0 aromatic heterocycles. The Balaban J connectivity index is 3.38. The van der Waals surface area contributed by atoms with Gasteiger partial charge in [-0.1, -0.05) is 33.8 Å². The van der Waals surface area contributed by atoms with Crippen molar-refractivity contribution < 1.29 is 14.8 Å². The first-order chi connectivity index (χ1) is 9.73. The van der Waals surface area contributed by atoms with Crippen LogP contribution in [0.4, 0.5) is 11.4 Å². The van der Waals surface area contributed by atoms with E-state index in [2.05, 4.69) is 0 Å². The quantitative estimate of drug-likeness (QED) is 0.615. The first-order valence-corrected chi connectivity index (χ1v) is 6.99. The van der Waals surface area contributed by atoms with Crippen molar-refractivity contribution in [3.05, 3.63) is 33.9 Å². The summed E-state index contributed by atoms with van der Waals surface area (Å²) in [4.78, 5) is 23.9. The third-order valence-corrected chi connectivity index (χ3v) is 2.94. The normalized spacial score (nSPS) is 11.0. The summed E-state index contributed by atoms with van der Waals surface area (Å²) in [6, 6.07) is 4.45. The summed E-state index contributed by atoms with van der Waals surface area (Å²) in [5.41, 5.74) is -0.219. The third kappa shape index (κ3) is 4.44. The van der Waals surface area contributed by atoms with E-state index in [1.165, 1.54) is 6.07 Å². The molecule has 0 heterocycles. The van der Waals surface area contributed by atoms with Gasteiger partial charge in [-0.3, -0.25) is 10.1 Å². The minimum atomic E-state index is -1.28. The highest BCUT2D eigenvalue weighted by Crippen LogP contribution is 2.32. The zero-order chi connectivity index (χ0) is 16.2. The number of hydrogen-bond donors (Lipinski definition) is 1. The number of para-hydroxylation sites is 1. The number of benzene rings is 1. The molecule has 0 saturated carbocycles. The maximum Gasteiger partial charge on any atom is 0.342 e. The average molecular weight is 294 g/mol. The number of carboxylic acids is 1. The van der Waals surface area contributed by atoms with Crippen LogP contribution in [0.3, 0.4) is 0 Å². The summed E-state index contributed by atoms with van der Waals surface area (Å²) in [5, 5.41) is 20.5. The first kappa shape index (κ1) is 16.9. The lowest BCUT2D eigenvalue weighted by atomic mass is 10.1. The minimum Gasteiger partial charge on any atom is -0.477 e. The van der Waals surface area contributed by atoms with E-state index < -0.39 is 10.9 Å². The molecule has 0 fully saturated rings. The van der Waals surface area contributed by atoms with E-state index in [1.54, 1.807) is 12.1 Å². The molecule has 6 heteroatoms. The fourth-order valence-electron chi connectivity index (χ4n) is 2.30. The van der Waals surface area contributed by atoms with Gasteiger partial charge in [-0.15, -0.1) is 0 Å². The minimum absolute atomic E-state index is 0.269. The average Bonchev–Trinajstić information content (AvgIpc) is 2.35. The maximum atomic E-state index is 11.3. The van der Waals surface area contributed by atoms with Crippen LogP contribution in [0.25, 0.3) is 0 Å². The molecule has 0 saturated heterocycles. The molecule has 0 spiro atoms. The third-order valence-electron chi connectivity index (χ3n) is 2.94. The maximum absolute atomic E-state index is 11.3. The number of hydrogen-bond acceptors (Lipinski definition) is 4. The van der Waals surface area contributed by atoms with Crippen LogP contribution in [0.1, 0.15) is 38.1 Å². The molecule has 116 valence electrons.